The molecule has 7 aromatic rings. The van der Waals surface area contributed by atoms with E-state index in [-0.39, 0.29) is 12.4 Å². The molecule has 0 spiro atoms. The van der Waals surface area contributed by atoms with Crippen molar-refractivity contribution < 1.29 is 14.3 Å². The molecule has 0 aliphatic heterocycles. The van der Waals surface area contributed by atoms with Gasteiger partial charge in [-0.15, -0.1) is 23.1 Å². The number of fused-ring (bicyclic) bond motifs is 5. The number of carbonyl (C=O) groups is 2. The minimum Gasteiger partial charge on any atom is -0.462 e. The number of halogens is 1. The molecule has 0 aliphatic rings. The van der Waals surface area contributed by atoms with E-state index in [1.54, 1.807) is 18.7 Å². The number of thiophene rings is 1. The van der Waals surface area contributed by atoms with E-state index in [4.69, 9.17) is 4.74 Å². The summed E-state index contributed by atoms with van der Waals surface area (Å²) < 4.78 is 9.43. The quantitative estimate of drug-likeness (QED) is 0.0746. The molecule has 0 fully saturated rings. The topological polar surface area (TPSA) is 47.8 Å². The van der Waals surface area contributed by atoms with Crippen molar-refractivity contribution in [3.05, 3.63) is 129 Å². The summed E-state index contributed by atoms with van der Waals surface area (Å²) in [6.45, 7) is 2.05. The number of nitrogens with zero attached hydrogens (tertiary/aromatic N) is 1. The van der Waals surface area contributed by atoms with E-state index in [0.717, 1.165) is 19.7 Å². The van der Waals surface area contributed by atoms with Gasteiger partial charge < -0.3 is 9.14 Å². The van der Waals surface area contributed by atoms with Gasteiger partial charge in [-0.25, -0.2) is 4.79 Å². The van der Waals surface area contributed by atoms with Gasteiger partial charge >= 0.3 is 5.97 Å². The van der Waals surface area contributed by atoms with Crippen molar-refractivity contribution in [3.8, 4) is 0 Å². The maximum Gasteiger partial charge on any atom is 0.341 e. The number of esters is 1. The van der Waals surface area contributed by atoms with Gasteiger partial charge in [0.05, 0.1) is 32.3 Å². The third-order valence-corrected chi connectivity index (χ3v) is 10.5. The van der Waals surface area contributed by atoms with Crippen LogP contribution in [0.15, 0.2) is 112 Å². The molecule has 3 aromatic heterocycles. The lowest BCUT2D eigenvalue weighted by atomic mass is 9.98. The van der Waals surface area contributed by atoms with Crippen LogP contribution in [-0.2, 0) is 10.5 Å². The number of hydrogen-bond donors (Lipinski definition) is 0. The molecule has 4 nitrogen and oxygen atoms in total. The number of pyridine rings is 1. The Kier molecular flexibility index (Phi) is 7.10. The fourth-order valence-electron chi connectivity index (χ4n) is 5.62. The van der Waals surface area contributed by atoms with Gasteiger partial charge in [-0.1, -0.05) is 70.5 Å². The van der Waals surface area contributed by atoms with Gasteiger partial charge in [-0.05, 0) is 76.5 Å². The highest BCUT2D eigenvalue weighted by Gasteiger charge is 2.29. The number of thioether (sulfide) groups is 1. The lowest BCUT2D eigenvalue weighted by Crippen LogP contribution is -2.06. The smallest absolute Gasteiger partial charge is 0.341 e. The van der Waals surface area contributed by atoms with Gasteiger partial charge in [0.25, 0.3) is 0 Å². The third kappa shape index (κ3) is 4.53. The highest BCUT2D eigenvalue weighted by atomic mass is 79.9. The maximum atomic E-state index is 14.0. The monoisotopic (exact) mass is 649 g/mol. The van der Waals surface area contributed by atoms with Crippen molar-refractivity contribution in [3.63, 3.8) is 0 Å². The predicted octanol–water partition coefficient (Wildman–Crippen LogP) is 9.92. The van der Waals surface area contributed by atoms with Crippen LogP contribution in [0.1, 0.15) is 38.1 Å². The standard InChI is InChI=1S/C35H24BrNO3S2/c1-2-40-34(39)29-28-13-7-8-18-37(28)31-30(29)33(32(38)21-14-16-24(36)17-15-21)42-35(31)41-20-27-25-11-5-3-9-22(25)19-23-10-4-6-12-26(23)27/h3-19H,2,20H2,1H3. The third-order valence-electron chi connectivity index (χ3n) is 7.48. The Balaban J connectivity index is 1.44. The first-order chi connectivity index (χ1) is 20.5. The van der Waals surface area contributed by atoms with E-state index >= 15 is 0 Å². The zero-order valence-electron chi connectivity index (χ0n) is 22.6. The fourth-order valence-corrected chi connectivity index (χ4v) is 8.47. The summed E-state index contributed by atoms with van der Waals surface area (Å²) in [5.74, 6) is 0.176. The minimum absolute atomic E-state index is 0.110. The summed E-state index contributed by atoms with van der Waals surface area (Å²) in [6.07, 6.45) is 1.96. The summed E-state index contributed by atoms with van der Waals surface area (Å²) >= 11 is 6.63. The number of rotatable bonds is 7. The number of carbonyl (C=O) groups excluding carboxylic acids is 2. The van der Waals surface area contributed by atoms with Crippen LogP contribution in [0.3, 0.4) is 0 Å². The van der Waals surface area contributed by atoms with Crippen LogP contribution in [0.25, 0.3) is 38.0 Å². The Morgan fingerprint density at radius 1 is 0.881 bits per heavy atom. The average molecular weight is 651 g/mol. The second kappa shape index (κ2) is 11.1. The normalized spacial score (nSPS) is 11.6. The molecule has 7 rings (SSSR count). The molecular weight excluding hydrogens is 626 g/mol. The van der Waals surface area contributed by atoms with Crippen molar-refractivity contribution in [2.75, 3.05) is 6.61 Å². The van der Waals surface area contributed by atoms with Crippen LogP contribution in [0.4, 0.5) is 0 Å². The Labute approximate surface area is 259 Å². The minimum atomic E-state index is -0.421. The highest BCUT2D eigenvalue weighted by molar-refractivity contribution is 9.10. The van der Waals surface area contributed by atoms with Crippen LogP contribution < -0.4 is 0 Å². The molecule has 42 heavy (non-hydrogen) atoms. The summed E-state index contributed by atoms with van der Waals surface area (Å²) in [6, 6.07) is 32.3. The van der Waals surface area contributed by atoms with Crippen molar-refractivity contribution in [1.29, 1.82) is 0 Å². The average Bonchev–Trinajstić information content (AvgIpc) is 3.55. The molecule has 0 aliphatic carbocycles. The summed E-state index contributed by atoms with van der Waals surface area (Å²) in [7, 11) is 0. The van der Waals surface area contributed by atoms with E-state index < -0.39 is 5.97 Å². The molecule has 3 heterocycles. The number of ether oxygens (including phenoxy) is 1. The zero-order valence-corrected chi connectivity index (χ0v) is 25.8. The molecule has 0 saturated heterocycles. The molecule has 0 amide bonds. The van der Waals surface area contributed by atoms with E-state index in [9.17, 15) is 9.59 Å². The van der Waals surface area contributed by atoms with Gasteiger partial charge in [0, 0.05) is 27.4 Å². The summed E-state index contributed by atoms with van der Waals surface area (Å²) in [5, 5.41) is 5.49. The van der Waals surface area contributed by atoms with Gasteiger partial charge in [0.2, 0.25) is 5.78 Å². The van der Waals surface area contributed by atoms with E-state index in [0.29, 0.717) is 27.1 Å². The van der Waals surface area contributed by atoms with Crippen LogP contribution in [0, 0.1) is 0 Å². The molecule has 0 radical (unpaired) electrons. The Bertz CT molecular complexity index is 2110. The molecule has 7 heteroatoms. The molecule has 0 saturated carbocycles. The van der Waals surface area contributed by atoms with Gasteiger partial charge in [-0.3, -0.25) is 4.79 Å². The second-order valence-electron chi connectivity index (χ2n) is 9.92. The van der Waals surface area contributed by atoms with E-state index in [2.05, 4.69) is 70.5 Å². The number of ketones is 1. The van der Waals surface area contributed by atoms with Crippen LogP contribution in [0.2, 0.25) is 0 Å². The Hall–Kier alpha value is -3.91. The van der Waals surface area contributed by atoms with Crippen LogP contribution in [0.5, 0.6) is 0 Å². The molecule has 4 aromatic carbocycles. The van der Waals surface area contributed by atoms with Crippen molar-refractivity contribution in [2.45, 2.75) is 16.9 Å². The van der Waals surface area contributed by atoms with Gasteiger partial charge in [0.1, 0.15) is 0 Å². The maximum absolute atomic E-state index is 14.0. The molecule has 0 N–H and O–H groups in total. The number of aromatic nitrogens is 1. The van der Waals surface area contributed by atoms with Crippen molar-refractivity contribution >= 4 is 88.7 Å². The number of benzene rings is 4. The Morgan fingerprint density at radius 3 is 2.24 bits per heavy atom. The fraction of sp³-hybridized carbons (Fsp3) is 0.0857. The molecule has 206 valence electrons. The highest BCUT2D eigenvalue weighted by Crippen LogP contribution is 2.45. The van der Waals surface area contributed by atoms with Crippen LogP contribution >= 0.6 is 39.0 Å². The van der Waals surface area contributed by atoms with E-state index in [1.807, 2.05) is 53.1 Å². The molecule has 0 atom stereocenters. The number of hydrogen-bond acceptors (Lipinski definition) is 5. The molecule has 0 bridgehead atoms. The van der Waals surface area contributed by atoms with Gasteiger partial charge in [-0.2, -0.15) is 0 Å². The lowest BCUT2D eigenvalue weighted by molar-refractivity contribution is 0.0531. The zero-order chi connectivity index (χ0) is 28.8. The van der Waals surface area contributed by atoms with Gasteiger partial charge in [0.15, 0.2) is 0 Å². The second-order valence-corrected chi connectivity index (χ2v) is 13.1. The van der Waals surface area contributed by atoms with Crippen molar-refractivity contribution in [1.82, 2.24) is 4.40 Å². The first-order valence-corrected chi connectivity index (χ1v) is 16.2. The molecule has 0 unspecified atom stereocenters. The SMILES string of the molecule is CCOC(=O)c1c2c(C(=O)c3ccc(Br)cc3)sc(SCc3c4ccccc4cc4ccccc34)c2n2ccccc12. The first kappa shape index (κ1) is 27.0. The lowest BCUT2D eigenvalue weighted by Gasteiger charge is -2.11. The largest absolute Gasteiger partial charge is 0.462 e. The summed E-state index contributed by atoms with van der Waals surface area (Å²) in [5.41, 5.74) is 3.86. The first-order valence-electron chi connectivity index (χ1n) is 13.6. The summed E-state index contributed by atoms with van der Waals surface area (Å²) in [4.78, 5) is 28.0. The Morgan fingerprint density at radius 2 is 1.55 bits per heavy atom. The van der Waals surface area contributed by atoms with Crippen molar-refractivity contribution in [2.24, 2.45) is 0 Å². The predicted molar refractivity (Wildman–Crippen MR) is 177 cm³/mol. The molecular formula is C35H24BrNO3S2. The van der Waals surface area contributed by atoms with E-state index in [1.165, 1.54) is 38.4 Å². The van der Waals surface area contributed by atoms with Crippen LogP contribution in [-0.4, -0.2) is 22.8 Å².